The van der Waals surface area contributed by atoms with Crippen molar-refractivity contribution in [1.82, 2.24) is 0 Å². The Hall–Kier alpha value is -2.00. The largest absolute Gasteiger partial charge is 0.399 e. The molecule has 0 bridgehead atoms. The molecule has 0 radical (unpaired) electrons. The third-order valence-electron chi connectivity index (χ3n) is 2.79. The van der Waals surface area contributed by atoms with Crippen molar-refractivity contribution in [3.63, 3.8) is 0 Å². The normalized spacial score (nSPS) is 10.8. The monoisotopic (exact) mass is 283 g/mol. The lowest BCUT2D eigenvalue weighted by Gasteiger charge is -2.00. The van der Waals surface area contributed by atoms with Gasteiger partial charge in [0.25, 0.3) is 0 Å². The molecule has 2 nitrogen and oxygen atoms in total. The van der Waals surface area contributed by atoms with E-state index in [-0.39, 0.29) is 5.78 Å². The van der Waals surface area contributed by atoms with Gasteiger partial charge in [-0.2, -0.15) is 0 Å². The van der Waals surface area contributed by atoms with Crippen LogP contribution >= 0.6 is 11.8 Å². The van der Waals surface area contributed by atoms with Crippen molar-refractivity contribution in [3.05, 3.63) is 65.7 Å². The molecule has 0 heterocycles. The van der Waals surface area contributed by atoms with Gasteiger partial charge in [-0.15, -0.1) is 11.8 Å². The molecular weight excluding hydrogens is 266 g/mol. The average Bonchev–Trinajstić information content (AvgIpc) is 2.46. The molecule has 0 saturated carbocycles. The minimum absolute atomic E-state index is 0.000438. The number of allylic oxidation sites excluding steroid dienone is 1. The molecule has 3 heteroatoms. The number of anilines is 1. The van der Waals surface area contributed by atoms with Crippen LogP contribution in [0.1, 0.15) is 22.8 Å². The van der Waals surface area contributed by atoms with E-state index in [1.165, 1.54) is 4.90 Å². The van der Waals surface area contributed by atoms with Crippen LogP contribution in [0.5, 0.6) is 0 Å². The maximum atomic E-state index is 12.0. The fraction of sp³-hybridized carbons (Fsp3) is 0.118. The van der Waals surface area contributed by atoms with Crippen molar-refractivity contribution in [2.75, 3.05) is 11.5 Å². The van der Waals surface area contributed by atoms with Crippen LogP contribution in [0.3, 0.4) is 0 Å². The van der Waals surface area contributed by atoms with Crippen LogP contribution in [0.15, 0.2) is 59.5 Å². The Morgan fingerprint density at radius 2 is 1.95 bits per heavy atom. The predicted octanol–water partition coefficient (Wildman–Crippen LogP) is 4.28. The lowest BCUT2D eigenvalue weighted by molar-refractivity contribution is 0.104. The standard InChI is InChI=1S/C17H17NOS/c1-2-20-16-9-7-14(8-10-16)17(19)11-6-13-4-3-5-15(18)12-13/h3-12H,2,18H2,1H3/b11-6+. The van der Waals surface area contributed by atoms with Gasteiger partial charge in [0.05, 0.1) is 0 Å². The van der Waals surface area contributed by atoms with E-state index < -0.39 is 0 Å². The first-order valence-electron chi connectivity index (χ1n) is 6.50. The van der Waals surface area contributed by atoms with E-state index in [1.54, 1.807) is 23.9 Å². The maximum Gasteiger partial charge on any atom is 0.185 e. The van der Waals surface area contributed by atoms with Crippen molar-refractivity contribution in [1.29, 1.82) is 0 Å². The van der Waals surface area contributed by atoms with Crippen molar-refractivity contribution in [2.24, 2.45) is 0 Å². The highest BCUT2D eigenvalue weighted by Crippen LogP contribution is 2.18. The molecular formula is C17H17NOS. The van der Waals surface area contributed by atoms with Gasteiger partial charge in [0, 0.05) is 16.1 Å². The van der Waals surface area contributed by atoms with Crippen LogP contribution in [-0.2, 0) is 0 Å². The van der Waals surface area contributed by atoms with Crippen LogP contribution in [0, 0.1) is 0 Å². The van der Waals surface area contributed by atoms with Gasteiger partial charge in [0.2, 0.25) is 0 Å². The summed E-state index contributed by atoms with van der Waals surface area (Å²) in [4.78, 5) is 13.2. The van der Waals surface area contributed by atoms with E-state index in [1.807, 2.05) is 48.5 Å². The van der Waals surface area contributed by atoms with Gasteiger partial charge in [-0.3, -0.25) is 4.79 Å². The summed E-state index contributed by atoms with van der Waals surface area (Å²) in [6.45, 7) is 2.11. The van der Waals surface area contributed by atoms with Crippen LogP contribution in [-0.4, -0.2) is 11.5 Å². The first-order valence-corrected chi connectivity index (χ1v) is 7.48. The van der Waals surface area contributed by atoms with Gasteiger partial charge in [-0.05, 0) is 53.8 Å². The number of carbonyl (C=O) groups is 1. The molecule has 20 heavy (non-hydrogen) atoms. The molecule has 2 aromatic rings. The van der Waals surface area contributed by atoms with Gasteiger partial charge in [0.1, 0.15) is 0 Å². The summed E-state index contributed by atoms with van der Waals surface area (Å²) in [5.74, 6) is 1.03. The number of ketones is 1. The van der Waals surface area contributed by atoms with Crippen LogP contribution in [0.2, 0.25) is 0 Å². The Labute approximate surface area is 123 Å². The van der Waals surface area contributed by atoms with Gasteiger partial charge in [0.15, 0.2) is 5.78 Å². The van der Waals surface area contributed by atoms with E-state index in [9.17, 15) is 4.79 Å². The molecule has 2 aromatic carbocycles. The van der Waals surface area contributed by atoms with E-state index in [0.717, 1.165) is 11.3 Å². The van der Waals surface area contributed by atoms with Crippen molar-refractivity contribution >= 4 is 29.3 Å². The Morgan fingerprint density at radius 1 is 1.20 bits per heavy atom. The smallest absolute Gasteiger partial charge is 0.185 e. The number of benzene rings is 2. The summed E-state index contributed by atoms with van der Waals surface area (Å²) >= 11 is 1.76. The molecule has 0 aliphatic heterocycles. The Kier molecular flexibility index (Phi) is 5.02. The molecule has 2 N–H and O–H groups in total. The second-order valence-electron chi connectivity index (χ2n) is 4.33. The number of nitrogens with two attached hydrogens (primary N) is 1. The van der Waals surface area contributed by atoms with Crippen LogP contribution in [0.4, 0.5) is 5.69 Å². The van der Waals surface area contributed by atoms with E-state index in [2.05, 4.69) is 6.92 Å². The first kappa shape index (κ1) is 14.4. The SMILES string of the molecule is CCSc1ccc(C(=O)/C=C/c2cccc(N)c2)cc1. The molecule has 0 spiro atoms. The zero-order valence-electron chi connectivity index (χ0n) is 11.4. The molecule has 2 rings (SSSR count). The second-order valence-corrected chi connectivity index (χ2v) is 5.66. The predicted molar refractivity (Wildman–Crippen MR) is 87.1 cm³/mol. The van der Waals surface area contributed by atoms with Gasteiger partial charge in [-0.1, -0.05) is 25.1 Å². The number of thioether (sulfide) groups is 1. The minimum atomic E-state index is 0.000438. The summed E-state index contributed by atoms with van der Waals surface area (Å²) < 4.78 is 0. The van der Waals surface area contributed by atoms with Crippen molar-refractivity contribution in [2.45, 2.75) is 11.8 Å². The number of nitrogen functional groups attached to an aromatic ring is 1. The molecule has 0 atom stereocenters. The zero-order chi connectivity index (χ0) is 14.4. The zero-order valence-corrected chi connectivity index (χ0v) is 12.2. The fourth-order valence-electron chi connectivity index (χ4n) is 1.81. The van der Waals surface area contributed by atoms with Crippen LogP contribution < -0.4 is 5.73 Å². The average molecular weight is 283 g/mol. The molecule has 0 aliphatic carbocycles. The summed E-state index contributed by atoms with van der Waals surface area (Å²) in [7, 11) is 0. The van der Waals surface area contributed by atoms with Gasteiger partial charge in [-0.25, -0.2) is 0 Å². The van der Waals surface area contributed by atoms with Gasteiger partial charge < -0.3 is 5.73 Å². The highest BCUT2D eigenvalue weighted by Gasteiger charge is 2.01. The summed E-state index contributed by atoms with van der Waals surface area (Å²) in [5, 5.41) is 0. The molecule has 0 saturated heterocycles. The molecule has 0 amide bonds. The maximum absolute atomic E-state index is 12.0. The van der Waals surface area contributed by atoms with Gasteiger partial charge >= 0.3 is 0 Å². The molecule has 0 unspecified atom stereocenters. The van der Waals surface area contributed by atoms with E-state index >= 15 is 0 Å². The third-order valence-corrected chi connectivity index (χ3v) is 3.68. The molecule has 0 fully saturated rings. The van der Waals surface area contributed by atoms with Crippen LogP contribution in [0.25, 0.3) is 6.08 Å². The summed E-state index contributed by atoms with van der Waals surface area (Å²) in [6.07, 6.45) is 3.37. The lowest BCUT2D eigenvalue weighted by Crippen LogP contribution is -1.93. The summed E-state index contributed by atoms with van der Waals surface area (Å²) in [5.41, 5.74) is 8.02. The quantitative estimate of drug-likeness (QED) is 0.385. The van der Waals surface area contributed by atoms with Crippen molar-refractivity contribution < 1.29 is 4.79 Å². The molecule has 0 aliphatic rings. The van der Waals surface area contributed by atoms with E-state index in [0.29, 0.717) is 11.3 Å². The topological polar surface area (TPSA) is 43.1 Å². The first-order chi connectivity index (χ1) is 9.69. The lowest BCUT2D eigenvalue weighted by atomic mass is 10.1. The highest BCUT2D eigenvalue weighted by molar-refractivity contribution is 7.99. The van der Waals surface area contributed by atoms with E-state index in [4.69, 9.17) is 5.73 Å². The Bertz CT molecular complexity index is 617. The Morgan fingerprint density at radius 3 is 2.60 bits per heavy atom. The minimum Gasteiger partial charge on any atom is -0.399 e. The summed E-state index contributed by atoms with van der Waals surface area (Å²) in [6, 6.07) is 15.1. The number of carbonyl (C=O) groups excluding carboxylic acids is 1. The fourth-order valence-corrected chi connectivity index (χ4v) is 2.47. The number of rotatable bonds is 5. The van der Waals surface area contributed by atoms with Crippen molar-refractivity contribution in [3.8, 4) is 0 Å². The third kappa shape index (κ3) is 4.00. The highest BCUT2D eigenvalue weighted by atomic mass is 32.2. The number of hydrogen-bond donors (Lipinski definition) is 1. The number of hydrogen-bond acceptors (Lipinski definition) is 3. The molecule has 0 aromatic heterocycles. The molecule has 102 valence electrons. The Balaban J connectivity index is 2.07. The second kappa shape index (κ2) is 6.96.